The van der Waals surface area contributed by atoms with Crippen LogP contribution in [0.25, 0.3) is 0 Å². The third-order valence-corrected chi connectivity index (χ3v) is 6.48. The molecule has 5 nitrogen and oxygen atoms in total. The van der Waals surface area contributed by atoms with Crippen LogP contribution in [-0.4, -0.2) is 39.0 Å². The van der Waals surface area contributed by atoms with Crippen molar-refractivity contribution in [2.24, 2.45) is 5.73 Å². The number of hydrogen-bond donors (Lipinski definition) is 1. The van der Waals surface area contributed by atoms with Crippen LogP contribution in [0, 0.1) is 0 Å². The molecule has 1 saturated heterocycles. The number of nitrogens with two attached hydrogens (primary N) is 1. The third kappa shape index (κ3) is 3.23. The minimum absolute atomic E-state index is 0.00478. The van der Waals surface area contributed by atoms with E-state index < -0.39 is 10.0 Å². The Morgan fingerprint density at radius 1 is 1.40 bits per heavy atom. The maximum Gasteiger partial charge on any atom is 0.244 e. The van der Waals surface area contributed by atoms with Crippen molar-refractivity contribution in [1.29, 1.82) is 0 Å². The molecule has 0 unspecified atom stereocenters. The topological polar surface area (TPSA) is 72.6 Å². The van der Waals surface area contributed by atoms with Gasteiger partial charge in [-0.3, -0.25) is 0 Å². The van der Waals surface area contributed by atoms with E-state index in [1.807, 2.05) is 0 Å². The highest BCUT2D eigenvalue weighted by atomic mass is 79.9. The van der Waals surface area contributed by atoms with Gasteiger partial charge >= 0.3 is 0 Å². The average molecular weight is 363 g/mol. The summed E-state index contributed by atoms with van der Waals surface area (Å²) in [6, 6.07) is 5.10. The Morgan fingerprint density at radius 2 is 2.05 bits per heavy atom. The van der Waals surface area contributed by atoms with E-state index >= 15 is 0 Å². The Bertz CT molecular complexity index is 571. The van der Waals surface area contributed by atoms with Gasteiger partial charge in [0.15, 0.2) is 0 Å². The Hall–Kier alpha value is -0.470. The van der Waals surface area contributed by atoms with Gasteiger partial charge in [-0.1, -0.05) is 6.07 Å². The number of nitrogens with zero attached hydrogens (tertiary/aromatic N) is 1. The zero-order valence-corrected chi connectivity index (χ0v) is 13.8. The fraction of sp³-hybridized carbons (Fsp3) is 0.538. The van der Waals surface area contributed by atoms with Crippen molar-refractivity contribution in [2.75, 3.05) is 20.3 Å². The van der Waals surface area contributed by atoms with E-state index in [1.165, 1.54) is 4.31 Å². The molecule has 1 heterocycles. The molecule has 7 heteroatoms. The van der Waals surface area contributed by atoms with Crippen LogP contribution in [0.2, 0.25) is 0 Å². The number of rotatable bonds is 4. The van der Waals surface area contributed by atoms with Gasteiger partial charge in [0.1, 0.15) is 0 Å². The van der Waals surface area contributed by atoms with Gasteiger partial charge in [0, 0.05) is 37.3 Å². The van der Waals surface area contributed by atoms with Crippen LogP contribution in [0.5, 0.6) is 0 Å². The van der Waals surface area contributed by atoms with E-state index in [2.05, 4.69) is 15.9 Å². The normalized spacial score (nSPS) is 17.6. The molecule has 1 aliphatic rings. The highest BCUT2D eigenvalue weighted by Gasteiger charge is 2.30. The lowest BCUT2D eigenvalue weighted by atomic mass is 10.1. The fourth-order valence-electron chi connectivity index (χ4n) is 2.28. The van der Waals surface area contributed by atoms with Crippen LogP contribution < -0.4 is 5.73 Å². The molecule has 2 rings (SSSR count). The molecule has 0 atom stereocenters. The standard InChI is InChI=1S/C13H19BrN2O3S/c1-16(11-4-6-19-7-5-11)20(17,18)13-3-2-10(9-15)8-12(13)14/h2-3,8,11H,4-7,9,15H2,1H3. The Balaban J connectivity index is 2.29. The number of halogens is 1. The second kappa shape index (κ2) is 6.53. The Labute approximate surface area is 128 Å². The van der Waals surface area contributed by atoms with Crippen LogP contribution in [0.3, 0.4) is 0 Å². The van der Waals surface area contributed by atoms with Crippen LogP contribution in [0.4, 0.5) is 0 Å². The van der Waals surface area contributed by atoms with Crippen molar-refractivity contribution in [2.45, 2.75) is 30.3 Å². The SMILES string of the molecule is CN(C1CCOCC1)S(=O)(=O)c1ccc(CN)cc1Br. The molecule has 0 saturated carbocycles. The van der Waals surface area contributed by atoms with Gasteiger partial charge in [-0.2, -0.15) is 4.31 Å². The molecule has 0 radical (unpaired) electrons. The lowest BCUT2D eigenvalue weighted by Crippen LogP contribution is -2.40. The van der Waals surface area contributed by atoms with Crippen molar-refractivity contribution in [3.05, 3.63) is 28.2 Å². The van der Waals surface area contributed by atoms with E-state index in [9.17, 15) is 8.42 Å². The molecule has 1 fully saturated rings. The summed E-state index contributed by atoms with van der Waals surface area (Å²) in [4.78, 5) is 0.281. The highest BCUT2D eigenvalue weighted by Crippen LogP contribution is 2.28. The molecule has 0 aromatic heterocycles. The molecule has 0 spiro atoms. The predicted molar refractivity (Wildman–Crippen MR) is 80.8 cm³/mol. The van der Waals surface area contributed by atoms with Crippen LogP contribution in [-0.2, 0) is 21.3 Å². The molecule has 20 heavy (non-hydrogen) atoms. The summed E-state index contributed by atoms with van der Waals surface area (Å²) in [7, 11) is -1.87. The molecule has 1 aliphatic heterocycles. The minimum Gasteiger partial charge on any atom is -0.381 e. The zero-order valence-electron chi connectivity index (χ0n) is 11.4. The van der Waals surface area contributed by atoms with E-state index in [-0.39, 0.29) is 10.9 Å². The molecule has 112 valence electrons. The second-order valence-corrected chi connectivity index (χ2v) is 7.65. The first kappa shape index (κ1) is 15.9. The molecule has 2 N–H and O–H groups in total. The summed E-state index contributed by atoms with van der Waals surface area (Å²) < 4.78 is 32.6. The highest BCUT2D eigenvalue weighted by molar-refractivity contribution is 9.10. The molecule has 0 bridgehead atoms. The maximum atomic E-state index is 12.7. The van der Waals surface area contributed by atoms with Crippen molar-refractivity contribution >= 4 is 26.0 Å². The van der Waals surface area contributed by atoms with Crippen LogP contribution in [0.1, 0.15) is 18.4 Å². The van der Waals surface area contributed by atoms with Crippen molar-refractivity contribution in [3.63, 3.8) is 0 Å². The Morgan fingerprint density at radius 3 is 2.60 bits per heavy atom. The molecule has 0 aliphatic carbocycles. The van der Waals surface area contributed by atoms with Gasteiger partial charge in [0.05, 0.1) is 4.90 Å². The number of sulfonamides is 1. The van der Waals surface area contributed by atoms with E-state index in [0.29, 0.717) is 24.2 Å². The number of ether oxygens (including phenoxy) is 1. The van der Waals surface area contributed by atoms with Gasteiger partial charge in [-0.05, 0) is 46.5 Å². The van der Waals surface area contributed by atoms with Crippen molar-refractivity contribution in [3.8, 4) is 0 Å². The van der Waals surface area contributed by atoms with Gasteiger partial charge in [0.25, 0.3) is 0 Å². The van der Waals surface area contributed by atoms with Gasteiger partial charge in [0.2, 0.25) is 10.0 Å². The zero-order chi connectivity index (χ0) is 14.8. The number of benzene rings is 1. The largest absolute Gasteiger partial charge is 0.381 e. The van der Waals surface area contributed by atoms with E-state index in [0.717, 1.165) is 18.4 Å². The smallest absolute Gasteiger partial charge is 0.244 e. The minimum atomic E-state index is -3.50. The summed E-state index contributed by atoms with van der Waals surface area (Å²) in [5.74, 6) is 0. The van der Waals surface area contributed by atoms with Crippen molar-refractivity contribution in [1.82, 2.24) is 4.31 Å². The summed E-state index contributed by atoms with van der Waals surface area (Å²) in [6.45, 7) is 1.60. The molecule has 0 amide bonds. The lowest BCUT2D eigenvalue weighted by Gasteiger charge is -2.30. The molecular formula is C13H19BrN2O3S. The molecular weight excluding hydrogens is 344 g/mol. The van der Waals surface area contributed by atoms with Crippen molar-refractivity contribution < 1.29 is 13.2 Å². The van der Waals surface area contributed by atoms with Crippen LogP contribution in [0.15, 0.2) is 27.6 Å². The van der Waals surface area contributed by atoms with E-state index in [4.69, 9.17) is 10.5 Å². The summed E-state index contributed by atoms with van der Waals surface area (Å²) in [5, 5.41) is 0. The quantitative estimate of drug-likeness (QED) is 0.884. The van der Waals surface area contributed by atoms with Gasteiger partial charge < -0.3 is 10.5 Å². The summed E-state index contributed by atoms with van der Waals surface area (Å²) in [6.07, 6.45) is 1.46. The summed E-state index contributed by atoms with van der Waals surface area (Å²) in [5.41, 5.74) is 6.45. The Kier molecular flexibility index (Phi) is 5.19. The predicted octanol–water partition coefficient (Wildman–Crippen LogP) is 1.71. The fourth-order valence-corrected chi connectivity index (χ4v) is 4.78. The van der Waals surface area contributed by atoms with Crippen LogP contribution >= 0.6 is 15.9 Å². The average Bonchev–Trinajstić information content (AvgIpc) is 2.46. The van der Waals surface area contributed by atoms with Gasteiger partial charge in [-0.25, -0.2) is 8.42 Å². The van der Waals surface area contributed by atoms with E-state index in [1.54, 1.807) is 25.2 Å². The maximum absolute atomic E-state index is 12.7. The lowest BCUT2D eigenvalue weighted by molar-refractivity contribution is 0.0632. The first-order valence-electron chi connectivity index (χ1n) is 6.51. The molecule has 1 aromatic carbocycles. The second-order valence-electron chi connectivity index (χ2n) is 4.83. The monoisotopic (exact) mass is 362 g/mol. The molecule has 1 aromatic rings. The third-order valence-electron chi connectivity index (χ3n) is 3.59. The first-order chi connectivity index (χ1) is 9.46. The summed E-state index contributed by atoms with van der Waals surface area (Å²) >= 11 is 3.33. The first-order valence-corrected chi connectivity index (χ1v) is 8.74. The van der Waals surface area contributed by atoms with Gasteiger partial charge in [-0.15, -0.1) is 0 Å². The number of hydrogen-bond acceptors (Lipinski definition) is 4.